The van der Waals surface area contributed by atoms with Gasteiger partial charge in [-0.15, -0.1) is 0 Å². The molecule has 0 bridgehead atoms. The summed E-state index contributed by atoms with van der Waals surface area (Å²) in [5.41, 5.74) is 10.0. The Balaban J connectivity index is 1.59. The minimum atomic E-state index is -0.431. The molecule has 1 fully saturated rings. The largest absolute Gasteiger partial charge is 0.366 e. The normalized spacial score (nSPS) is 17.4. The molecular weight excluding hydrogens is 348 g/mol. The number of rotatable bonds is 5. The fraction of sp³-hybridized carbons (Fsp3) is 0.261. The van der Waals surface area contributed by atoms with Crippen molar-refractivity contribution in [1.29, 1.82) is 0 Å². The second kappa shape index (κ2) is 8.31. The number of piperidine rings is 1. The Hall–Kier alpha value is -3.05. The van der Waals surface area contributed by atoms with Gasteiger partial charge in [-0.25, -0.2) is 0 Å². The minimum absolute atomic E-state index is 0.318. The SMILES string of the molecule is NC(=O)c1cccc(-c2nccnc2C2CCCN(Cc3ccccc3)C2)c1. The summed E-state index contributed by atoms with van der Waals surface area (Å²) in [5.74, 6) is -0.114. The van der Waals surface area contributed by atoms with E-state index in [0.717, 1.165) is 49.4 Å². The molecular formula is C23H24N4O. The molecule has 1 atom stereocenters. The molecule has 142 valence electrons. The summed E-state index contributed by atoms with van der Waals surface area (Å²) in [6, 6.07) is 17.9. The van der Waals surface area contributed by atoms with Crippen LogP contribution < -0.4 is 5.73 Å². The van der Waals surface area contributed by atoms with Crippen LogP contribution in [0.1, 0.15) is 40.4 Å². The Kier molecular flexibility index (Phi) is 5.44. The van der Waals surface area contributed by atoms with Crippen LogP contribution in [0, 0.1) is 0 Å². The molecule has 1 amide bonds. The number of amides is 1. The summed E-state index contributed by atoms with van der Waals surface area (Å²) in [5, 5.41) is 0. The molecule has 2 heterocycles. The molecule has 0 aliphatic carbocycles. The summed E-state index contributed by atoms with van der Waals surface area (Å²) in [4.78, 5) is 23.3. The van der Waals surface area contributed by atoms with Crippen molar-refractivity contribution < 1.29 is 4.79 Å². The van der Waals surface area contributed by atoms with E-state index >= 15 is 0 Å². The number of likely N-dealkylation sites (tertiary alicyclic amines) is 1. The van der Waals surface area contributed by atoms with Crippen LogP contribution in [0.25, 0.3) is 11.3 Å². The van der Waals surface area contributed by atoms with Gasteiger partial charge in [-0.05, 0) is 37.1 Å². The first-order valence-electron chi connectivity index (χ1n) is 9.68. The lowest BCUT2D eigenvalue weighted by atomic mass is 9.91. The second-order valence-electron chi connectivity index (χ2n) is 7.30. The maximum absolute atomic E-state index is 11.6. The zero-order valence-electron chi connectivity index (χ0n) is 15.8. The lowest BCUT2D eigenvalue weighted by molar-refractivity contribution is 0.100. The van der Waals surface area contributed by atoms with E-state index in [4.69, 9.17) is 5.73 Å². The number of carbonyl (C=O) groups excluding carboxylic acids is 1. The predicted molar refractivity (Wildman–Crippen MR) is 110 cm³/mol. The highest BCUT2D eigenvalue weighted by Crippen LogP contribution is 2.32. The lowest BCUT2D eigenvalue weighted by Gasteiger charge is -2.33. The predicted octanol–water partition coefficient (Wildman–Crippen LogP) is 3.62. The van der Waals surface area contributed by atoms with Crippen LogP contribution in [0.4, 0.5) is 0 Å². The monoisotopic (exact) mass is 372 g/mol. The van der Waals surface area contributed by atoms with Gasteiger partial charge in [0.25, 0.3) is 0 Å². The van der Waals surface area contributed by atoms with Crippen molar-refractivity contribution in [2.24, 2.45) is 5.73 Å². The quantitative estimate of drug-likeness (QED) is 0.742. The van der Waals surface area contributed by atoms with Crippen molar-refractivity contribution in [3.8, 4) is 11.3 Å². The molecule has 3 aromatic rings. The Bertz CT molecular complexity index is 958. The van der Waals surface area contributed by atoms with Gasteiger partial charge in [-0.3, -0.25) is 19.7 Å². The van der Waals surface area contributed by atoms with E-state index in [2.05, 4.69) is 45.2 Å². The van der Waals surface area contributed by atoms with Crippen LogP contribution in [0.2, 0.25) is 0 Å². The third-order valence-electron chi connectivity index (χ3n) is 5.29. The average molecular weight is 372 g/mol. The van der Waals surface area contributed by atoms with E-state index in [9.17, 15) is 4.79 Å². The Labute approximate surface area is 165 Å². The van der Waals surface area contributed by atoms with Gasteiger partial charge < -0.3 is 5.73 Å². The van der Waals surface area contributed by atoms with Gasteiger partial charge in [-0.1, -0.05) is 42.5 Å². The molecule has 5 heteroatoms. The van der Waals surface area contributed by atoms with Crippen LogP contribution in [0.5, 0.6) is 0 Å². The topological polar surface area (TPSA) is 72.1 Å². The van der Waals surface area contributed by atoms with E-state index < -0.39 is 5.91 Å². The molecule has 1 aliphatic rings. The number of hydrogen-bond donors (Lipinski definition) is 1. The average Bonchev–Trinajstić information content (AvgIpc) is 2.75. The first-order valence-corrected chi connectivity index (χ1v) is 9.68. The van der Waals surface area contributed by atoms with Gasteiger partial charge >= 0.3 is 0 Å². The smallest absolute Gasteiger partial charge is 0.248 e. The number of hydrogen-bond acceptors (Lipinski definition) is 4. The molecule has 0 radical (unpaired) electrons. The highest BCUT2D eigenvalue weighted by Gasteiger charge is 2.25. The van der Waals surface area contributed by atoms with Crippen LogP contribution in [-0.2, 0) is 6.54 Å². The summed E-state index contributed by atoms with van der Waals surface area (Å²) in [6.07, 6.45) is 5.69. The Morgan fingerprint density at radius 2 is 1.89 bits per heavy atom. The first-order chi connectivity index (χ1) is 13.7. The standard InChI is InChI=1S/C23H24N4O/c24-23(28)19-9-4-8-18(14-19)21-22(26-12-11-25-21)20-10-5-13-27(16-20)15-17-6-2-1-3-7-17/h1-4,6-9,11-12,14,20H,5,10,13,15-16H2,(H2,24,28). The molecule has 2 N–H and O–H groups in total. The zero-order valence-corrected chi connectivity index (χ0v) is 15.8. The van der Waals surface area contributed by atoms with E-state index in [1.165, 1.54) is 5.56 Å². The summed E-state index contributed by atoms with van der Waals surface area (Å²) in [6.45, 7) is 3.00. The van der Waals surface area contributed by atoms with Crippen molar-refractivity contribution in [2.45, 2.75) is 25.3 Å². The summed E-state index contributed by atoms with van der Waals surface area (Å²) in [7, 11) is 0. The fourth-order valence-corrected chi connectivity index (χ4v) is 3.95. The number of aromatic nitrogens is 2. The van der Waals surface area contributed by atoms with Crippen LogP contribution >= 0.6 is 0 Å². The molecule has 1 aromatic heterocycles. The van der Waals surface area contributed by atoms with Crippen LogP contribution in [0.15, 0.2) is 67.0 Å². The molecule has 2 aromatic carbocycles. The van der Waals surface area contributed by atoms with Crippen LogP contribution in [0.3, 0.4) is 0 Å². The zero-order chi connectivity index (χ0) is 19.3. The van der Waals surface area contributed by atoms with Gasteiger partial charge in [0.2, 0.25) is 5.91 Å². The molecule has 4 rings (SSSR count). The number of nitrogens with two attached hydrogens (primary N) is 1. The van der Waals surface area contributed by atoms with Gasteiger partial charge in [0.1, 0.15) is 0 Å². The molecule has 0 spiro atoms. The molecule has 1 saturated heterocycles. The van der Waals surface area contributed by atoms with Crippen molar-refractivity contribution in [3.05, 3.63) is 83.8 Å². The molecule has 1 unspecified atom stereocenters. The van der Waals surface area contributed by atoms with Crippen molar-refractivity contribution in [1.82, 2.24) is 14.9 Å². The fourth-order valence-electron chi connectivity index (χ4n) is 3.95. The van der Waals surface area contributed by atoms with Crippen molar-refractivity contribution in [2.75, 3.05) is 13.1 Å². The van der Waals surface area contributed by atoms with Gasteiger partial charge in [-0.2, -0.15) is 0 Å². The molecule has 1 aliphatic heterocycles. The first kappa shape index (κ1) is 18.3. The summed E-state index contributed by atoms with van der Waals surface area (Å²) < 4.78 is 0. The molecule has 28 heavy (non-hydrogen) atoms. The second-order valence-corrected chi connectivity index (χ2v) is 7.30. The molecule has 0 saturated carbocycles. The van der Waals surface area contributed by atoms with Gasteiger partial charge in [0.15, 0.2) is 0 Å². The van der Waals surface area contributed by atoms with Crippen molar-refractivity contribution >= 4 is 5.91 Å². The molecule has 5 nitrogen and oxygen atoms in total. The Morgan fingerprint density at radius 3 is 2.71 bits per heavy atom. The van der Waals surface area contributed by atoms with E-state index in [0.29, 0.717) is 11.5 Å². The van der Waals surface area contributed by atoms with E-state index in [1.807, 2.05) is 12.1 Å². The van der Waals surface area contributed by atoms with E-state index in [1.54, 1.807) is 24.5 Å². The minimum Gasteiger partial charge on any atom is -0.366 e. The highest BCUT2D eigenvalue weighted by atomic mass is 16.1. The van der Waals surface area contributed by atoms with E-state index in [-0.39, 0.29) is 0 Å². The summed E-state index contributed by atoms with van der Waals surface area (Å²) >= 11 is 0. The maximum Gasteiger partial charge on any atom is 0.248 e. The van der Waals surface area contributed by atoms with Crippen molar-refractivity contribution in [3.63, 3.8) is 0 Å². The van der Waals surface area contributed by atoms with Gasteiger partial charge in [0, 0.05) is 42.5 Å². The van der Waals surface area contributed by atoms with Gasteiger partial charge in [0.05, 0.1) is 11.4 Å². The number of nitrogens with zero attached hydrogens (tertiary/aromatic N) is 3. The number of carbonyl (C=O) groups is 1. The number of primary amides is 1. The third kappa shape index (κ3) is 4.10. The highest BCUT2D eigenvalue weighted by molar-refractivity contribution is 5.94. The Morgan fingerprint density at radius 1 is 1.07 bits per heavy atom. The lowest BCUT2D eigenvalue weighted by Crippen LogP contribution is -2.34. The number of benzene rings is 2. The maximum atomic E-state index is 11.6. The van der Waals surface area contributed by atoms with Crippen LogP contribution in [-0.4, -0.2) is 33.9 Å². The third-order valence-corrected chi connectivity index (χ3v) is 5.29.